The molecule has 3 nitrogen and oxygen atoms in total. The van der Waals surface area contributed by atoms with E-state index in [0.717, 1.165) is 10.8 Å². The number of nitrogens with zero attached hydrogens (tertiary/aromatic N) is 1. The molecule has 1 aromatic carbocycles. The molecule has 1 aromatic heterocycles. The molecule has 2 N–H and O–H groups in total. The maximum atomic E-state index is 11.7. The second-order valence-electron chi connectivity index (χ2n) is 3.40. The minimum absolute atomic E-state index is 0.0612. The molecule has 3 heteroatoms. The highest BCUT2D eigenvalue weighted by Gasteiger charge is 2.11. The first-order valence-electron chi connectivity index (χ1n) is 4.89. The van der Waals surface area contributed by atoms with Crippen molar-refractivity contribution < 1.29 is 4.79 Å². The summed E-state index contributed by atoms with van der Waals surface area (Å²) in [6.07, 6.45) is 3.85. The number of Topliss-reactive ketones (excluding diaryl/α,β-unsaturated/α-hetero) is 1. The van der Waals surface area contributed by atoms with Crippen LogP contribution in [0.5, 0.6) is 0 Å². The molecule has 0 radical (unpaired) electrons. The predicted octanol–water partition coefficient (Wildman–Crippen LogP) is 2.41. The summed E-state index contributed by atoms with van der Waals surface area (Å²) in [5, 5.41) is 1.83. The quantitative estimate of drug-likeness (QED) is 0.598. The first-order chi connectivity index (χ1) is 7.24. The summed E-state index contributed by atoms with van der Waals surface area (Å²) >= 11 is 0. The number of aromatic nitrogens is 1. The molecule has 0 spiro atoms. The Kier molecular flexibility index (Phi) is 2.37. The summed E-state index contributed by atoms with van der Waals surface area (Å²) in [6, 6.07) is 5.55. The Balaban J connectivity index is 2.79. The van der Waals surface area contributed by atoms with Gasteiger partial charge < -0.3 is 5.73 Å². The number of carbonyl (C=O) groups is 1. The van der Waals surface area contributed by atoms with Gasteiger partial charge in [0.15, 0.2) is 5.78 Å². The van der Waals surface area contributed by atoms with Gasteiger partial charge in [-0.2, -0.15) is 0 Å². The van der Waals surface area contributed by atoms with E-state index in [0.29, 0.717) is 17.7 Å². The lowest BCUT2D eigenvalue weighted by molar-refractivity contribution is 0.0990. The van der Waals surface area contributed by atoms with E-state index < -0.39 is 0 Å². The van der Waals surface area contributed by atoms with Crippen LogP contribution in [0.2, 0.25) is 0 Å². The molecule has 0 atom stereocenters. The summed E-state index contributed by atoms with van der Waals surface area (Å²) in [6.45, 7) is 1.83. The molecule has 15 heavy (non-hydrogen) atoms. The van der Waals surface area contributed by atoms with E-state index in [1.54, 1.807) is 18.5 Å². The number of hydrogen-bond acceptors (Lipinski definition) is 3. The number of nitrogens with two attached hydrogens (primary N) is 1. The number of rotatable bonds is 2. The Morgan fingerprint density at radius 1 is 1.40 bits per heavy atom. The van der Waals surface area contributed by atoms with Crippen LogP contribution in [0, 0.1) is 0 Å². The summed E-state index contributed by atoms with van der Waals surface area (Å²) in [4.78, 5) is 15.8. The Labute approximate surface area is 87.9 Å². The molecular formula is C12H12N2O. The smallest absolute Gasteiger partial charge is 0.165 e. The van der Waals surface area contributed by atoms with Crippen LogP contribution >= 0.6 is 0 Å². The molecule has 0 saturated carbocycles. The van der Waals surface area contributed by atoms with Gasteiger partial charge in [-0.15, -0.1) is 0 Å². The normalized spacial score (nSPS) is 10.5. The fraction of sp³-hybridized carbons (Fsp3) is 0.167. The monoisotopic (exact) mass is 200 g/mol. The third-order valence-corrected chi connectivity index (χ3v) is 2.46. The summed E-state index contributed by atoms with van der Waals surface area (Å²) in [7, 11) is 0. The average molecular weight is 200 g/mol. The van der Waals surface area contributed by atoms with Gasteiger partial charge in [0.1, 0.15) is 0 Å². The standard InChI is InChI=1S/C12H12N2O/c1-2-11(15)12-9-7-14-6-5-8(9)3-4-10(12)13/h3-7H,2,13H2,1H3. The lowest BCUT2D eigenvalue weighted by Gasteiger charge is -2.07. The van der Waals surface area contributed by atoms with Gasteiger partial charge in [-0.3, -0.25) is 9.78 Å². The molecule has 0 amide bonds. The minimum atomic E-state index is 0.0612. The van der Waals surface area contributed by atoms with Gasteiger partial charge in [0.25, 0.3) is 0 Å². The van der Waals surface area contributed by atoms with E-state index in [2.05, 4.69) is 4.98 Å². The van der Waals surface area contributed by atoms with Crippen LogP contribution in [0.15, 0.2) is 30.6 Å². The zero-order chi connectivity index (χ0) is 10.8. The van der Waals surface area contributed by atoms with Crippen molar-refractivity contribution >= 4 is 22.2 Å². The Bertz CT molecular complexity index is 520. The van der Waals surface area contributed by atoms with Crippen LogP contribution in [0.1, 0.15) is 23.7 Å². The maximum absolute atomic E-state index is 11.7. The highest BCUT2D eigenvalue weighted by molar-refractivity contribution is 6.11. The summed E-state index contributed by atoms with van der Waals surface area (Å²) in [5.41, 5.74) is 6.94. The minimum Gasteiger partial charge on any atom is -0.398 e. The molecule has 0 bridgehead atoms. The number of anilines is 1. The fourth-order valence-electron chi connectivity index (χ4n) is 1.67. The highest BCUT2D eigenvalue weighted by Crippen LogP contribution is 2.24. The topological polar surface area (TPSA) is 56.0 Å². The molecule has 2 aromatic rings. The molecule has 0 aliphatic heterocycles. The Hall–Kier alpha value is -1.90. The second-order valence-corrected chi connectivity index (χ2v) is 3.40. The van der Waals surface area contributed by atoms with Gasteiger partial charge in [0.05, 0.1) is 0 Å². The van der Waals surface area contributed by atoms with E-state index >= 15 is 0 Å². The van der Waals surface area contributed by atoms with Crippen LogP contribution in [-0.2, 0) is 0 Å². The highest BCUT2D eigenvalue weighted by atomic mass is 16.1. The van der Waals surface area contributed by atoms with Crippen molar-refractivity contribution in [3.05, 3.63) is 36.2 Å². The van der Waals surface area contributed by atoms with Crippen LogP contribution in [0.25, 0.3) is 10.8 Å². The van der Waals surface area contributed by atoms with Crippen LogP contribution in [-0.4, -0.2) is 10.8 Å². The molecule has 0 aliphatic rings. The zero-order valence-corrected chi connectivity index (χ0v) is 8.53. The number of nitrogen functional groups attached to an aromatic ring is 1. The Morgan fingerprint density at radius 2 is 2.20 bits per heavy atom. The van der Waals surface area contributed by atoms with Gasteiger partial charge in [-0.05, 0) is 17.5 Å². The molecule has 0 fully saturated rings. The van der Waals surface area contributed by atoms with E-state index in [-0.39, 0.29) is 5.78 Å². The van der Waals surface area contributed by atoms with Gasteiger partial charge >= 0.3 is 0 Å². The van der Waals surface area contributed by atoms with Gasteiger partial charge in [-0.25, -0.2) is 0 Å². The largest absolute Gasteiger partial charge is 0.398 e. The zero-order valence-electron chi connectivity index (χ0n) is 8.53. The average Bonchev–Trinajstić information content (AvgIpc) is 2.28. The molecule has 0 unspecified atom stereocenters. The molecule has 2 rings (SSSR count). The van der Waals surface area contributed by atoms with Crippen LogP contribution in [0.3, 0.4) is 0 Å². The van der Waals surface area contributed by atoms with Crippen molar-refractivity contribution in [2.24, 2.45) is 0 Å². The maximum Gasteiger partial charge on any atom is 0.165 e. The molecule has 0 saturated heterocycles. The lowest BCUT2D eigenvalue weighted by atomic mass is 10.00. The van der Waals surface area contributed by atoms with E-state index in [1.165, 1.54) is 0 Å². The SMILES string of the molecule is CCC(=O)c1c(N)ccc2ccncc12. The molecule has 76 valence electrons. The third-order valence-electron chi connectivity index (χ3n) is 2.46. The van der Waals surface area contributed by atoms with Crippen molar-refractivity contribution in [3.8, 4) is 0 Å². The van der Waals surface area contributed by atoms with E-state index in [1.807, 2.05) is 19.1 Å². The number of pyridine rings is 1. The third kappa shape index (κ3) is 1.56. The number of benzene rings is 1. The van der Waals surface area contributed by atoms with Crippen molar-refractivity contribution in [2.75, 3.05) is 5.73 Å². The van der Waals surface area contributed by atoms with E-state index in [4.69, 9.17) is 5.73 Å². The van der Waals surface area contributed by atoms with Gasteiger partial charge in [-0.1, -0.05) is 13.0 Å². The van der Waals surface area contributed by atoms with Gasteiger partial charge in [0, 0.05) is 35.5 Å². The number of carbonyl (C=O) groups excluding carboxylic acids is 1. The van der Waals surface area contributed by atoms with Crippen molar-refractivity contribution in [2.45, 2.75) is 13.3 Å². The van der Waals surface area contributed by atoms with E-state index in [9.17, 15) is 4.79 Å². The Morgan fingerprint density at radius 3 is 2.93 bits per heavy atom. The summed E-state index contributed by atoms with van der Waals surface area (Å²) in [5.74, 6) is 0.0612. The van der Waals surface area contributed by atoms with Crippen LogP contribution in [0.4, 0.5) is 5.69 Å². The molecule has 0 aliphatic carbocycles. The first kappa shape index (κ1) is 9.65. The molecule has 1 heterocycles. The fourth-order valence-corrected chi connectivity index (χ4v) is 1.67. The first-order valence-corrected chi connectivity index (χ1v) is 4.89. The summed E-state index contributed by atoms with van der Waals surface area (Å²) < 4.78 is 0. The number of hydrogen-bond donors (Lipinski definition) is 1. The molecular weight excluding hydrogens is 188 g/mol. The van der Waals surface area contributed by atoms with Gasteiger partial charge in [0.2, 0.25) is 0 Å². The van der Waals surface area contributed by atoms with Crippen molar-refractivity contribution in [1.29, 1.82) is 0 Å². The predicted molar refractivity (Wildman–Crippen MR) is 60.8 cm³/mol. The number of fused-ring (bicyclic) bond motifs is 1. The van der Waals surface area contributed by atoms with Crippen molar-refractivity contribution in [3.63, 3.8) is 0 Å². The lowest BCUT2D eigenvalue weighted by Crippen LogP contribution is -2.03. The second kappa shape index (κ2) is 3.69. The van der Waals surface area contributed by atoms with Crippen LogP contribution < -0.4 is 5.73 Å². The number of ketones is 1. The van der Waals surface area contributed by atoms with Crippen molar-refractivity contribution in [1.82, 2.24) is 4.98 Å².